The summed E-state index contributed by atoms with van der Waals surface area (Å²) in [5.74, 6) is -0.513. The standard InChI is InChI=1S/C23H19FN6O2S/c24-19-12-17(13-26-14-19)20-6-7-21-27-15-22(30(21)28-20)33(31,32)29-10-8-23(16-25,9-11-29)18-4-2-1-3-5-18/h1-7,12-15H,8-11H2. The Kier molecular flexibility index (Phi) is 5.15. The van der Waals surface area contributed by atoms with Crippen LogP contribution in [0.5, 0.6) is 0 Å². The lowest BCUT2D eigenvalue weighted by atomic mass is 9.74. The SMILES string of the molecule is N#CC1(c2ccccc2)CCN(S(=O)(=O)c2cnc3ccc(-c4cncc(F)c4)nn23)CC1. The van der Waals surface area contributed by atoms with E-state index in [-0.39, 0.29) is 18.1 Å². The van der Waals surface area contributed by atoms with Gasteiger partial charge in [-0.2, -0.15) is 14.7 Å². The van der Waals surface area contributed by atoms with Gasteiger partial charge in [-0.3, -0.25) is 4.98 Å². The molecule has 0 saturated carbocycles. The van der Waals surface area contributed by atoms with Gasteiger partial charge in [-0.15, -0.1) is 0 Å². The molecule has 0 bridgehead atoms. The molecule has 0 amide bonds. The van der Waals surface area contributed by atoms with Gasteiger partial charge in [0.2, 0.25) is 0 Å². The lowest BCUT2D eigenvalue weighted by Gasteiger charge is -2.36. The fraction of sp³-hybridized carbons (Fsp3) is 0.217. The number of nitrogens with zero attached hydrogens (tertiary/aromatic N) is 6. The van der Waals surface area contributed by atoms with E-state index in [1.165, 1.54) is 27.3 Å². The monoisotopic (exact) mass is 462 g/mol. The molecule has 1 aromatic carbocycles. The number of halogens is 1. The molecule has 3 aromatic heterocycles. The van der Waals surface area contributed by atoms with Crippen molar-refractivity contribution in [3.05, 3.63) is 78.5 Å². The van der Waals surface area contributed by atoms with E-state index in [1.54, 1.807) is 12.1 Å². The van der Waals surface area contributed by atoms with E-state index < -0.39 is 21.3 Å². The number of hydrogen-bond acceptors (Lipinski definition) is 6. The summed E-state index contributed by atoms with van der Waals surface area (Å²) in [6.45, 7) is 0.400. The van der Waals surface area contributed by atoms with Crippen LogP contribution in [0.4, 0.5) is 4.39 Å². The van der Waals surface area contributed by atoms with Crippen molar-refractivity contribution in [3.63, 3.8) is 0 Å². The Bertz CT molecular complexity index is 1470. The van der Waals surface area contributed by atoms with E-state index in [1.807, 2.05) is 30.3 Å². The molecule has 33 heavy (non-hydrogen) atoms. The molecule has 8 nitrogen and oxygen atoms in total. The number of hydrogen-bond donors (Lipinski definition) is 0. The minimum atomic E-state index is -3.92. The normalized spacial score (nSPS) is 16.5. The molecule has 0 atom stereocenters. The van der Waals surface area contributed by atoms with Gasteiger partial charge in [0.15, 0.2) is 10.7 Å². The Hall–Kier alpha value is -3.68. The van der Waals surface area contributed by atoms with Gasteiger partial charge in [0.1, 0.15) is 5.82 Å². The highest BCUT2D eigenvalue weighted by molar-refractivity contribution is 7.89. The second-order valence-electron chi connectivity index (χ2n) is 7.94. The van der Waals surface area contributed by atoms with Gasteiger partial charge in [0.25, 0.3) is 10.0 Å². The predicted molar refractivity (Wildman–Crippen MR) is 118 cm³/mol. The van der Waals surface area contributed by atoms with Gasteiger partial charge in [-0.05, 0) is 36.6 Å². The number of fused-ring (bicyclic) bond motifs is 1. The van der Waals surface area contributed by atoms with Gasteiger partial charge >= 0.3 is 0 Å². The summed E-state index contributed by atoms with van der Waals surface area (Å²) < 4.78 is 43.2. The van der Waals surface area contributed by atoms with Crippen molar-refractivity contribution < 1.29 is 12.8 Å². The zero-order valence-electron chi connectivity index (χ0n) is 17.5. The highest BCUT2D eigenvalue weighted by Crippen LogP contribution is 2.36. The summed E-state index contributed by atoms with van der Waals surface area (Å²) >= 11 is 0. The van der Waals surface area contributed by atoms with Crippen LogP contribution in [0.1, 0.15) is 18.4 Å². The average Bonchev–Trinajstić information content (AvgIpc) is 3.29. The molecule has 0 radical (unpaired) electrons. The third kappa shape index (κ3) is 3.65. The first-order valence-corrected chi connectivity index (χ1v) is 11.8. The fourth-order valence-electron chi connectivity index (χ4n) is 4.20. The average molecular weight is 463 g/mol. The Morgan fingerprint density at radius 2 is 1.79 bits per heavy atom. The Morgan fingerprint density at radius 3 is 2.48 bits per heavy atom. The second kappa shape index (κ2) is 8.03. The van der Waals surface area contributed by atoms with Crippen LogP contribution in [-0.4, -0.2) is 45.4 Å². The maximum atomic E-state index is 13.6. The molecule has 0 N–H and O–H groups in total. The number of benzene rings is 1. The van der Waals surface area contributed by atoms with Crippen LogP contribution < -0.4 is 0 Å². The van der Waals surface area contributed by atoms with E-state index in [0.29, 0.717) is 29.7 Å². The third-order valence-corrected chi connectivity index (χ3v) is 7.90. The molecule has 5 rings (SSSR count). The van der Waals surface area contributed by atoms with E-state index in [9.17, 15) is 18.1 Å². The van der Waals surface area contributed by atoms with Crippen molar-refractivity contribution >= 4 is 15.7 Å². The van der Waals surface area contributed by atoms with Crippen LogP contribution >= 0.6 is 0 Å². The van der Waals surface area contributed by atoms with Crippen molar-refractivity contribution in [1.82, 2.24) is 23.9 Å². The number of rotatable bonds is 4. The first kappa shape index (κ1) is 21.2. The Morgan fingerprint density at radius 1 is 1.03 bits per heavy atom. The van der Waals surface area contributed by atoms with Crippen LogP contribution in [0.25, 0.3) is 16.9 Å². The first-order valence-electron chi connectivity index (χ1n) is 10.4. The van der Waals surface area contributed by atoms with Crippen LogP contribution in [0.15, 0.2) is 72.1 Å². The van der Waals surface area contributed by atoms with E-state index in [0.717, 1.165) is 11.8 Å². The van der Waals surface area contributed by atoms with Gasteiger partial charge in [0, 0.05) is 24.8 Å². The molecule has 1 aliphatic rings. The molecule has 1 fully saturated rings. The molecule has 1 saturated heterocycles. The number of pyridine rings is 1. The number of imidazole rings is 1. The number of nitriles is 1. The van der Waals surface area contributed by atoms with E-state index in [2.05, 4.69) is 21.1 Å². The second-order valence-corrected chi connectivity index (χ2v) is 9.83. The number of aromatic nitrogens is 4. The number of piperidine rings is 1. The molecule has 1 aliphatic heterocycles. The molecule has 0 unspecified atom stereocenters. The lowest BCUT2D eigenvalue weighted by Crippen LogP contribution is -2.44. The maximum Gasteiger partial charge on any atom is 0.262 e. The van der Waals surface area contributed by atoms with Crippen LogP contribution in [-0.2, 0) is 15.4 Å². The fourth-order valence-corrected chi connectivity index (χ4v) is 5.66. The summed E-state index contributed by atoms with van der Waals surface area (Å²) in [6.07, 6.45) is 4.59. The van der Waals surface area contributed by atoms with Crippen molar-refractivity contribution in [3.8, 4) is 17.3 Å². The summed E-state index contributed by atoms with van der Waals surface area (Å²) in [4.78, 5) is 8.00. The van der Waals surface area contributed by atoms with Gasteiger partial charge in [-0.25, -0.2) is 22.3 Å². The zero-order valence-corrected chi connectivity index (χ0v) is 18.3. The van der Waals surface area contributed by atoms with Crippen LogP contribution in [0.2, 0.25) is 0 Å². The molecule has 166 valence electrons. The molecular formula is C23H19FN6O2S. The summed E-state index contributed by atoms with van der Waals surface area (Å²) in [6, 6.07) is 16.4. The van der Waals surface area contributed by atoms with Crippen molar-refractivity contribution in [1.29, 1.82) is 5.26 Å². The predicted octanol–water partition coefficient (Wildman–Crippen LogP) is 3.18. The highest BCUT2D eigenvalue weighted by Gasteiger charge is 2.41. The maximum absolute atomic E-state index is 13.6. The van der Waals surface area contributed by atoms with Crippen LogP contribution in [0, 0.1) is 17.1 Å². The molecule has 0 aliphatic carbocycles. The van der Waals surface area contributed by atoms with Crippen LogP contribution in [0.3, 0.4) is 0 Å². The van der Waals surface area contributed by atoms with Gasteiger partial charge in [-0.1, -0.05) is 30.3 Å². The largest absolute Gasteiger partial charge is 0.262 e. The molecule has 4 aromatic rings. The van der Waals surface area contributed by atoms with Gasteiger partial charge in [0.05, 0.1) is 29.6 Å². The van der Waals surface area contributed by atoms with Crippen molar-refractivity contribution in [2.75, 3.05) is 13.1 Å². The molecule has 4 heterocycles. The summed E-state index contributed by atoms with van der Waals surface area (Å²) in [5, 5.41) is 14.2. The topological polar surface area (TPSA) is 104 Å². The molecular weight excluding hydrogens is 443 g/mol. The first-order chi connectivity index (χ1) is 15.9. The summed E-state index contributed by atoms with van der Waals surface area (Å²) in [5.41, 5.74) is 1.33. The smallest absolute Gasteiger partial charge is 0.261 e. The summed E-state index contributed by atoms with van der Waals surface area (Å²) in [7, 11) is -3.92. The number of sulfonamides is 1. The van der Waals surface area contributed by atoms with Crippen molar-refractivity contribution in [2.24, 2.45) is 0 Å². The Balaban J connectivity index is 1.46. The lowest BCUT2D eigenvalue weighted by molar-refractivity contribution is 0.276. The van der Waals surface area contributed by atoms with E-state index >= 15 is 0 Å². The van der Waals surface area contributed by atoms with E-state index in [4.69, 9.17) is 0 Å². The minimum Gasteiger partial charge on any atom is -0.261 e. The molecule has 0 spiro atoms. The zero-order chi connectivity index (χ0) is 23.1. The highest BCUT2D eigenvalue weighted by atomic mass is 32.2. The third-order valence-electron chi connectivity index (χ3n) is 6.05. The quantitative estimate of drug-likeness (QED) is 0.461. The van der Waals surface area contributed by atoms with Gasteiger partial charge < -0.3 is 0 Å². The van der Waals surface area contributed by atoms with Crippen molar-refractivity contribution in [2.45, 2.75) is 23.3 Å². The minimum absolute atomic E-state index is 0.0760. The Labute approximate surface area is 190 Å². The molecule has 10 heteroatoms.